The van der Waals surface area contributed by atoms with Crippen LogP contribution in [0.2, 0.25) is 0 Å². The molecule has 6 heteroatoms. The van der Waals surface area contributed by atoms with Gasteiger partial charge in [-0.2, -0.15) is 0 Å². The van der Waals surface area contributed by atoms with Crippen LogP contribution in [0.25, 0.3) is 10.9 Å². The number of aromatic nitrogens is 2. The molecule has 2 aromatic heterocycles. The van der Waals surface area contributed by atoms with Gasteiger partial charge in [0.25, 0.3) is 11.7 Å². The summed E-state index contributed by atoms with van der Waals surface area (Å²) >= 11 is 0. The number of amides is 1. The maximum absolute atomic E-state index is 12.7. The van der Waals surface area contributed by atoms with Gasteiger partial charge in [0.1, 0.15) is 5.60 Å². The Morgan fingerprint density at radius 1 is 1.11 bits per heavy atom. The number of ketones is 1. The van der Waals surface area contributed by atoms with Crippen LogP contribution in [0.3, 0.4) is 0 Å². The van der Waals surface area contributed by atoms with Crippen molar-refractivity contribution in [3.05, 3.63) is 59.5 Å². The van der Waals surface area contributed by atoms with E-state index in [1.54, 1.807) is 34.8 Å². The summed E-state index contributed by atoms with van der Waals surface area (Å²) in [6, 6.07) is 11.8. The van der Waals surface area contributed by atoms with E-state index in [-0.39, 0.29) is 0 Å². The third-order valence-corrected chi connectivity index (χ3v) is 6.23. The Balaban J connectivity index is 1.39. The van der Waals surface area contributed by atoms with Crippen molar-refractivity contribution in [2.24, 2.45) is 7.05 Å². The number of Topliss-reactive ketones (excluding diaryl/α,β-unsaturated/α-hetero) is 1. The molecule has 0 radical (unpaired) electrons. The van der Waals surface area contributed by atoms with Gasteiger partial charge in [0, 0.05) is 37.2 Å². The van der Waals surface area contributed by atoms with Gasteiger partial charge in [0.15, 0.2) is 0 Å². The van der Waals surface area contributed by atoms with E-state index in [0.717, 1.165) is 17.6 Å². The van der Waals surface area contributed by atoms with E-state index < -0.39 is 17.3 Å². The van der Waals surface area contributed by atoms with E-state index in [4.69, 9.17) is 4.74 Å². The molecule has 0 aliphatic carbocycles. The first kappa shape index (κ1) is 17.3. The zero-order valence-electron chi connectivity index (χ0n) is 15.9. The summed E-state index contributed by atoms with van der Waals surface area (Å²) in [5, 5.41) is 1.26. The number of hydrogen-bond acceptors (Lipinski definition) is 3. The molecule has 2 aliphatic heterocycles. The van der Waals surface area contributed by atoms with E-state index in [9.17, 15) is 9.59 Å². The molecule has 1 amide bonds. The highest BCUT2D eigenvalue weighted by Crippen LogP contribution is 2.43. The molecule has 1 N–H and O–H groups in total. The average molecular weight is 377 g/mol. The fraction of sp³-hybridized carbons (Fsp3) is 0.364. The molecule has 2 aliphatic rings. The minimum Gasteiger partial charge on any atom is -0.368 e. The minimum atomic E-state index is -0.445. The Kier molecular flexibility index (Phi) is 3.91. The Morgan fingerprint density at radius 2 is 1.89 bits per heavy atom. The van der Waals surface area contributed by atoms with Crippen LogP contribution in [0.5, 0.6) is 0 Å². The van der Waals surface area contributed by atoms with Crippen LogP contribution in [-0.4, -0.2) is 45.8 Å². The van der Waals surface area contributed by atoms with Crippen molar-refractivity contribution in [2.45, 2.75) is 24.9 Å². The Hall–Kier alpha value is -2.86. The van der Waals surface area contributed by atoms with Gasteiger partial charge in [0.05, 0.1) is 18.0 Å². The largest absolute Gasteiger partial charge is 0.368 e. The lowest BCUT2D eigenvalue weighted by atomic mass is 9.83. The first-order valence-electron chi connectivity index (χ1n) is 9.78. The van der Waals surface area contributed by atoms with E-state index in [0.29, 0.717) is 38.2 Å². The summed E-state index contributed by atoms with van der Waals surface area (Å²) in [5.41, 5.74) is 3.66. The van der Waals surface area contributed by atoms with E-state index in [2.05, 4.69) is 23.2 Å². The van der Waals surface area contributed by atoms with Crippen molar-refractivity contribution >= 4 is 22.6 Å². The first-order chi connectivity index (χ1) is 13.6. The van der Waals surface area contributed by atoms with Crippen molar-refractivity contribution in [2.75, 3.05) is 19.7 Å². The molecule has 1 spiro atoms. The van der Waals surface area contributed by atoms with Crippen LogP contribution in [0, 0.1) is 0 Å². The number of ether oxygens (including phenoxy) is 1. The third-order valence-electron chi connectivity index (χ3n) is 6.23. The summed E-state index contributed by atoms with van der Waals surface area (Å²) < 4.78 is 7.97. The average Bonchev–Trinajstić information content (AvgIpc) is 3.32. The summed E-state index contributed by atoms with van der Waals surface area (Å²) in [7, 11) is 1.78. The number of H-pyrrole nitrogens is 1. The van der Waals surface area contributed by atoms with Crippen LogP contribution in [0.1, 0.15) is 34.6 Å². The molecule has 1 fully saturated rings. The van der Waals surface area contributed by atoms with Crippen molar-refractivity contribution in [3.8, 4) is 0 Å². The number of para-hydroxylation sites is 1. The number of hydrogen-bond donors (Lipinski definition) is 1. The van der Waals surface area contributed by atoms with Crippen molar-refractivity contribution < 1.29 is 14.3 Å². The third kappa shape index (κ3) is 2.52. The maximum atomic E-state index is 12.7. The molecule has 0 atom stereocenters. The molecule has 1 saturated heterocycles. The molecule has 0 bridgehead atoms. The smallest absolute Gasteiger partial charge is 0.296 e. The lowest BCUT2D eigenvalue weighted by Crippen LogP contribution is -2.50. The molecule has 3 aromatic rings. The molecular weight excluding hydrogens is 354 g/mol. The fourth-order valence-corrected chi connectivity index (χ4v) is 4.68. The number of fused-ring (bicyclic) bond motifs is 4. The molecule has 144 valence electrons. The monoisotopic (exact) mass is 377 g/mol. The Labute approximate surface area is 163 Å². The van der Waals surface area contributed by atoms with Crippen LogP contribution in [-0.2, 0) is 28.6 Å². The lowest BCUT2D eigenvalue weighted by molar-refractivity contribution is -0.136. The second-order valence-corrected chi connectivity index (χ2v) is 7.74. The maximum Gasteiger partial charge on any atom is 0.296 e. The Morgan fingerprint density at radius 3 is 2.64 bits per heavy atom. The summed E-state index contributed by atoms with van der Waals surface area (Å²) in [4.78, 5) is 30.5. The second-order valence-electron chi connectivity index (χ2n) is 7.74. The van der Waals surface area contributed by atoms with Crippen LogP contribution in [0.4, 0.5) is 0 Å². The van der Waals surface area contributed by atoms with Crippen LogP contribution < -0.4 is 0 Å². The summed E-state index contributed by atoms with van der Waals surface area (Å²) in [6.07, 6.45) is 4.06. The van der Waals surface area contributed by atoms with Gasteiger partial charge in [-0.05, 0) is 43.0 Å². The fourth-order valence-electron chi connectivity index (χ4n) is 4.68. The highest BCUT2D eigenvalue weighted by atomic mass is 16.5. The molecule has 28 heavy (non-hydrogen) atoms. The number of nitrogens with one attached hydrogen (secondary N) is 1. The highest BCUT2D eigenvalue weighted by molar-refractivity contribution is 6.42. The van der Waals surface area contributed by atoms with Crippen LogP contribution >= 0.6 is 0 Å². The topological polar surface area (TPSA) is 67.3 Å². The molecule has 5 rings (SSSR count). The number of carbonyl (C=O) groups excluding carboxylic acids is 2. The number of likely N-dealkylation sites (tertiary alicyclic amines) is 1. The number of rotatable bonds is 2. The van der Waals surface area contributed by atoms with Gasteiger partial charge >= 0.3 is 0 Å². The lowest BCUT2D eigenvalue weighted by Gasteiger charge is -2.43. The van der Waals surface area contributed by atoms with Gasteiger partial charge in [-0.25, -0.2) is 0 Å². The number of aryl methyl sites for hydroxylation is 1. The van der Waals surface area contributed by atoms with Crippen molar-refractivity contribution in [1.82, 2.24) is 14.5 Å². The van der Waals surface area contributed by atoms with E-state index in [1.807, 2.05) is 6.07 Å². The molecule has 6 nitrogen and oxygen atoms in total. The second kappa shape index (κ2) is 6.34. The van der Waals surface area contributed by atoms with Gasteiger partial charge in [0.2, 0.25) is 0 Å². The summed E-state index contributed by atoms with van der Waals surface area (Å²) in [6.45, 7) is 1.72. The molecule has 1 aromatic carbocycles. The first-order valence-corrected chi connectivity index (χ1v) is 9.78. The quantitative estimate of drug-likeness (QED) is 0.552. The Bertz CT molecular complexity index is 1070. The molecule has 4 heterocycles. The van der Waals surface area contributed by atoms with Crippen molar-refractivity contribution in [1.29, 1.82) is 0 Å². The number of carbonyl (C=O) groups is 2. The predicted molar refractivity (Wildman–Crippen MR) is 105 cm³/mol. The van der Waals surface area contributed by atoms with E-state index in [1.165, 1.54) is 10.9 Å². The SMILES string of the molecule is Cn1cccc1C(=O)C(=O)N1CCC2(CC1)OCCc1c2[nH]c2ccccc12. The number of aromatic amines is 1. The summed E-state index contributed by atoms with van der Waals surface area (Å²) in [5.74, 6) is -0.872. The van der Waals surface area contributed by atoms with E-state index >= 15 is 0 Å². The van der Waals surface area contributed by atoms with Gasteiger partial charge in [-0.15, -0.1) is 0 Å². The zero-order valence-corrected chi connectivity index (χ0v) is 15.9. The molecule has 0 saturated carbocycles. The highest BCUT2D eigenvalue weighted by Gasteiger charge is 2.44. The minimum absolute atomic E-state index is 0.391. The molecular formula is C22H23N3O3. The molecule has 0 unspecified atom stereocenters. The van der Waals surface area contributed by atoms with Gasteiger partial charge < -0.3 is 19.2 Å². The van der Waals surface area contributed by atoms with Crippen molar-refractivity contribution in [3.63, 3.8) is 0 Å². The van der Waals surface area contributed by atoms with Gasteiger partial charge in [-0.1, -0.05) is 18.2 Å². The zero-order chi connectivity index (χ0) is 19.3. The number of nitrogens with zero attached hydrogens (tertiary/aromatic N) is 2. The number of piperidine rings is 1. The van der Waals surface area contributed by atoms with Crippen LogP contribution in [0.15, 0.2) is 42.6 Å². The normalized spacial score (nSPS) is 18.4. The standard InChI is InChI=1S/C22H23N3O3/c1-24-11-4-7-18(24)19(26)21(27)25-12-9-22(10-13-25)20-16(8-14-28-22)15-5-2-3-6-17(15)23-20/h2-7,11,23H,8-10,12-14H2,1H3. The number of benzene rings is 1. The predicted octanol–water partition coefficient (Wildman–Crippen LogP) is 2.78. The van der Waals surface area contributed by atoms with Gasteiger partial charge in [-0.3, -0.25) is 9.59 Å².